The number of carbonyl (C=O) groups is 2. The van der Waals surface area contributed by atoms with Crippen LogP contribution in [-0.2, 0) is 16.0 Å². The molecular weight excluding hydrogens is 310 g/mol. The van der Waals surface area contributed by atoms with Gasteiger partial charge in [-0.3, -0.25) is 9.59 Å². The van der Waals surface area contributed by atoms with E-state index in [2.05, 4.69) is 10.1 Å². The van der Waals surface area contributed by atoms with Gasteiger partial charge in [0, 0.05) is 5.69 Å². The van der Waals surface area contributed by atoms with Crippen molar-refractivity contribution in [3.63, 3.8) is 0 Å². The molecule has 2 aromatic rings. The van der Waals surface area contributed by atoms with Gasteiger partial charge in [0.2, 0.25) is 0 Å². The predicted octanol–water partition coefficient (Wildman–Crippen LogP) is 3.38. The molecule has 0 bridgehead atoms. The first-order chi connectivity index (χ1) is 11.3. The van der Waals surface area contributed by atoms with Gasteiger partial charge in [-0.2, -0.15) is 0 Å². The van der Waals surface area contributed by atoms with Crippen LogP contribution in [0.25, 0.3) is 0 Å². The number of nitrogens with one attached hydrogen (secondary N) is 1. The van der Waals surface area contributed by atoms with Gasteiger partial charge in [0.1, 0.15) is 17.9 Å². The molecule has 24 heavy (non-hydrogen) atoms. The molecule has 0 atom stereocenters. The van der Waals surface area contributed by atoms with E-state index in [4.69, 9.17) is 4.42 Å². The zero-order valence-electron chi connectivity index (χ0n) is 14.2. The summed E-state index contributed by atoms with van der Waals surface area (Å²) in [5.41, 5.74) is 2.37. The topological polar surface area (TPSA) is 88.8 Å². The minimum atomic E-state index is -0.484. The maximum Gasteiger partial charge on any atom is 0.313 e. The van der Waals surface area contributed by atoms with Gasteiger partial charge in [0.15, 0.2) is 0 Å². The number of methoxy groups -OCH3 is 1. The van der Waals surface area contributed by atoms with Gasteiger partial charge >= 0.3 is 5.97 Å². The fourth-order valence-electron chi connectivity index (χ4n) is 2.38. The van der Waals surface area contributed by atoms with Crippen LogP contribution < -0.4 is 5.32 Å². The monoisotopic (exact) mass is 331 g/mol. The van der Waals surface area contributed by atoms with E-state index in [-0.39, 0.29) is 35.3 Å². The van der Waals surface area contributed by atoms with Crippen molar-refractivity contribution in [1.82, 2.24) is 0 Å². The van der Waals surface area contributed by atoms with E-state index >= 15 is 0 Å². The molecule has 0 aliphatic carbocycles. The number of carbonyl (C=O) groups excluding carboxylic acids is 2. The Morgan fingerprint density at radius 2 is 2.04 bits per heavy atom. The number of benzene rings is 1. The predicted molar refractivity (Wildman–Crippen MR) is 89.3 cm³/mol. The Morgan fingerprint density at radius 1 is 1.33 bits per heavy atom. The van der Waals surface area contributed by atoms with Crippen molar-refractivity contribution in [3.05, 3.63) is 46.9 Å². The van der Waals surface area contributed by atoms with Gasteiger partial charge in [-0.1, -0.05) is 13.8 Å². The third-order valence-corrected chi connectivity index (χ3v) is 3.77. The minimum absolute atomic E-state index is 0.113. The summed E-state index contributed by atoms with van der Waals surface area (Å²) in [5.74, 6) is -0.298. The van der Waals surface area contributed by atoms with E-state index in [9.17, 15) is 14.7 Å². The molecule has 0 spiro atoms. The van der Waals surface area contributed by atoms with Crippen molar-refractivity contribution >= 4 is 17.6 Å². The number of hydrogen-bond acceptors (Lipinski definition) is 5. The van der Waals surface area contributed by atoms with Crippen molar-refractivity contribution in [1.29, 1.82) is 0 Å². The van der Waals surface area contributed by atoms with Crippen LogP contribution in [0.2, 0.25) is 0 Å². The van der Waals surface area contributed by atoms with Crippen LogP contribution in [0.3, 0.4) is 0 Å². The number of amides is 1. The maximum atomic E-state index is 12.5. The number of anilines is 1. The number of ether oxygens (including phenoxy) is 1. The van der Waals surface area contributed by atoms with E-state index in [1.165, 1.54) is 19.4 Å². The largest absolute Gasteiger partial charge is 0.508 e. The molecule has 0 aliphatic heterocycles. The van der Waals surface area contributed by atoms with Crippen LogP contribution in [0.4, 0.5) is 5.69 Å². The first kappa shape index (κ1) is 17.6. The molecule has 1 aromatic carbocycles. The molecule has 2 rings (SSSR count). The lowest BCUT2D eigenvalue weighted by molar-refractivity contribution is -0.140. The molecule has 1 heterocycles. The minimum Gasteiger partial charge on any atom is -0.508 e. The third-order valence-electron chi connectivity index (χ3n) is 3.77. The summed E-state index contributed by atoms with van der Waals surface area (Å²) in [6.45, 7) is 5.71. The van der Waals surface area contributed by atoms with Crippen molar-refractivity contribution in [3.8, 4) is 5.75 Å². The molecule has 0 radical (unpaired) electrons. The average molecular weight is 331 g/mol. The summed E-state index contributed by atoms with van der Waals surface area (Å²) in [6, 6.07) is 4.88. The molecule has 0 unspecified atom stereocenters. The average Bonchev–Trinajstić information content (AvgIpc) is 2.97. The highest BCUT2D eigenvalue weighted by molar-refractivity contribution is 6.05. The Morgan fingerprint density at radius 3 is 2.67 bits per heavy atom. The van der Waals surface area contributed by atoms with Crippen LogP contribution in [0.15, 0.2) is 28.9 Å². The molecule has 2 N–H and O–H groups in total. The van der Waals surface area contributed by atoms with E-state index in [0.717, 1.165) is 11.1 Å². The molecule has 0 saturated carbocycles. The Balaban J connectivity index is 2.26. The third kappa shape index (κ3) is 3.76. The standard InChI is InChI=1S/C18H21NO5/c1-10(2)13-8-14(11(3)7-15(13)20)19-18(22)12-5-6-24-16(12)9-17(21)23-4/h5-8,10,20H,9H2,1-4H3,(H,19,22). The number of rotatable bonds is 5. The quantitative estimate of drug-likeness (QED) is 0.647. The van der Waals surface area contributed by atoms with Crippen LogP contribution in [0, 0.1) is 6.92 Å². The zero-order valence-corrected chi connectivity index (χ0v) is 14.2. The highest BCUT2D eigenvalue weighted by atomic mass is 16.5. The number of aryl methyl sites for hydroxylation is 1. The Hall–Kier alpha value is -2.76. The SMILES string of the molecule is COC(=O)Cc1occc1C(=O)Nc1cc(C(C)C)c(O)cc1C. The second-order valence-corrected chi connectivity index (χ2v) is 5.85. The summed E-state index contributed by atoms with van der Waals surface area (Å²) < 4.78 is 9.80. The Labute approximate surface area is 140 Å². The first-order valence-corrected chi connectivity index (χ1v) is 7.61. The lowest BCUT2D eigenvalue weighted by Crippen LogP contribution is -2.15. The Bertz CT molecular complexity index is 761. The number of furan rings is 1. The van der Waals surface area contributed by atoms with Gasteiger partial charge in [-0.05, 0) is 42.2 Å². The summed E-state index contributed by atoms with van der Waals surface area (Å²) in [6.07, 6.45) is 1.24. The van der Waals surface area contributed by atoms with Crippen LogP contribution in [-0.4, -0.2) is 24.1 Å². The van der Waals surface area contributed by atoms with E-state index in [1.54, 1.807) is 19.1 Å². The van der Waals surface area contributed by atoms with Gasteiger partial charge in [-0.25, -0.2) is 0 Å². The normalized spacial score (nSPS) is 10.7. The molecule has 6 nitrogen and oxygen atoms in total. The number of phenols is 1. The van der Waals surface area contributed by atoms with Gasteiger partial charge in [0.25, 0.3) is 5.91 Å². The van der Waals surface area contributed by atoms with Crippen molar-refractivity contribution in [2.75, 3.05) is 12.4 Å². The molecule has 0 aliphatic rings. The second-order valence-electron chi connectivity index (χ2n) is 5.85. The first-order valence-electron chi connectivity index (χ1n) is 7.61. The van der Waals surface area contributed by atoms with Gasteiger partial charge in [-0.15, -0.1) is 0 Å². The highest BCUT2D eigenvalue weighted by Crippen LogP contribution is 2.31. The Kier molecular flexibility index (Phi) is 5.28. The van der Waals surface area contributed by atoms with E-state index in [1.807, 2.05) is 13.8 Å². The summed E-state index contributed by atoms with van der Waals surface area (Å²) >= 11 is 0. The summed E-state index contributed by atoms with van der Waals surface area (Å²) in [5, 5.41) is 12.8. The fourth-order valence-corrected chi connectivity index (χ4v) is 2.38. The van der Waals surface area contributed by atoms with Crippen LogP contribution >= 0.6 is 0 Å². The molecule has 1 aromatic heterocycles. The van der Waals surface area contributed by atoms with E-state index < -0.39 is 5.97 Å². The molecule has 0 saturated heterocycles. The molecule has 0 fully saturated rings. The van der Waals surface area contributed by atoms with Crippen molar-refractivity contribution < 1.29 is 23.8 Å². The lowest BCUT2D eigenvalue weighted by atomic mass is 9.99. The molecule has 6 heteroatoms. The fraction of sp³-hybridized carbons (Fsp3) is 0.333. The number of aromatic hydroxyl groups is 1. The number of esters is 1. The molecular formula is C18H21NO5. The molecule has 128 valence electrons. The molecule has 1 amide bonds. The smallest absolute Gasteiger partial charge is 0.313 e. The van der Waals surface area contributed by atoms with Crippen LogP contribution in [0.5, 0.6) is 5.75 Å². The van der Waals surface area contributed by atoms with Gasteiger partial charge < -0.3 is 19.6 Å². The summed E-state index contributed by atoms with van der Waals surface area (Å²) in [4.78, 5) is 23.9. The lowest BCUT2D eigenvalue weighted by Gasteiger charge is -2.14. The number of hydrogen-bond donors (Lipinski definition) is 2. The maximum absolute atomic E-state index is 12.5. The highest BCUT2D eigenvalue weighted by Gasteiger charge is 2.19. The summed E-state index contributed by atoms with van der Waals surface area (Å²) in [7, 11) is 1.28. The van der Waals surface area contributed by atoms with Gasteiger partial charge in [0.05, 0.1) is 18.9 Å². The zero-order chi connectivity index (χ0) is 17.9. The number of phenolic OH excluding ortho intramolecular Hbond substituents is 1. The van der Waals surface area contributed by atoms with Crippen molar-refractivity contribution in [2.24, 2.45) is 0 Å². The second kappa shape index (κ2) is 7.21. The van der Waals surface area contributed by atoms with Crippen molar-refractivity contribution in [2.45, 2.75) is 33.1 Å². The van der Waals surface area contributed by atoms with Crippen LogP contribution in [0.1, 0.15) is 47.0 Å². The van der Waals surface area contributed by atoms with E-state index in [0.29, 0.717) is 5.69 Å².